The summed E-state index contributed by atoms with van der Waals surface area (Å²) in [6, 6.07) is 0.878. The lowest BCUT2D eigenvalue weighted by molar-refractivity contribution is 0.241. The summed E-state index contributed by atoms with van der Waals surface area (Å²) in [6.07, 6.45) is 8.15. The summed E-state index contributed by atoms with van der Waals surface area (Å²) in [5.41, 5.74) is 5.45. The largest absolute Gasteiger partial charge is 0.330 e. The minimum atomic E-state index is 0.846. The highest BCUT2D eigenvalue weighted by Crippen LogP contribution is 2.22. The molecule has 0 aromatic carbocycles. The highest BCUT2D eigenvalue weighted by Gasteiger charge is 2.18. The van der Waals surface area contributed by atoms with Gasteiger partial charge < -0.3 is 10.6 Å². The standard InChI is InChI=1S/C10H22N2/c1-12(9-5-4-8-11)10-6-2-3-7-10/h10H,2-9,11H2,1H3. The van der Waals surface area contributed by atoms with E-state index in [1.807, 2.05) is 0 Å². The molecule has 1 aliphatic carbocycles. The SMILES string of the molecule is CN(CCCCN)C1CCCC1. The van der Waals surface area contributed by atoms with Crippen LogP contribution in [0, 0.1) is 0 Å². The van der Waals surface area contributed by atoms with Crippen molar-refractivity contribution in [3.8, 4) is 0 Å². The molecule has 0 radical (unpaired) electrons. The molecule has 0 aromatic rings. The van der Waals surface area contributed by atoms with E-state index in [0.29, 0.717) is 0 Å². The summed E-state index contributed by atoms with van der Waals surface area (Å²) >= 11 is 0. The van der Waals surface area contributed by atoms with Gasteiger partial charge in [0.1, 0.15) is 0 Å². The van der Waals surface area contributed by atoms with Gasteiger partial charge in [0.2, 0.25) is 0 Å². The first-order valence-electron chi connectivity index (χ1n) is 5.25. The van der Waals surface area contributed by atoms with Crippen LogP contribution in [0.15, 0.2) is 0 Å². The van der Waals surface area contributed by atoms with Crippen LogP contribution in [0.3, 0.4) is 0 Å². The van der Waals surface area contributed by atoms with Crippen molar-refractivity contribution < 1.29 is 0 Å². The summed E-state index contributed by atoms with van der Waals surface area (Å²) < 4.78 is 0. The van der Waals surface area contributed by atoms with Crippen LogP contribution in [0.4, 0.5) is 0 Å². The maximum atomic E-state index is 5.45. The van der Waals surface area contributed by atoms with Gasteiger partial charge in [-0.05, 0) is 45.8 Å². The quantitative estimate of drug-likeness (QED) is 0.635. The van der Waals surface area contributed by atoms with E-state index >= 15 is 0 Å². The molecule has 2 nitrogen and oxygen atoms in total. The third kappa shape index (κ3) is 3.11. The molecular weight excluding hydrogens is 148 g/mol. The van der Waals surface area contributed by atoms with Crippen LogP contribution in [-0.2, 0) is 0 Å². The molecule has 0 amide bonds. The number of nitrogens with two attached hydrogens (primary N) is 1. The van der Waals surface area contributed by atoms with Crippen molar-refractivity contribution in [1.82, 2.24) is 4.90 Å². The Labute approximate surface area is 76.1 Å². The van der Waals surface area contributed by atoms with Crippen molar-refractivity contribution in [2.45, 2.75) is 44.6 Å². The first-order chi connectivity index (χ1) is 5.84. The second kappa shape index (κ2) is 5.55. The lowest BCUT2D eigenvalue weighted by atomic mass is 10.2. The molecule has 0 aromatic heterocycles. The number of hydrogen-bond acceptors (Lipinski definition) is 2. The Morgan fingerprint density at radius 1 is 1.25 bits per heavy atom. The predicted molar refractivity (Wildman–Crippen MR) is 53.2 cm³/mol. The van der Waals surface area contributed by atoms with Gasteiger partial charge in [-0.1, -0.05) is 12.8 Å². The van der Waals surface area contributed by atoms with E-state index in [1.165, 1.54) is 45.1 Å². The second-order valence-electron chi connectivity index (χ2n) is 3.91. The van der Waals surface area contributed by atoms with Crippen LogP contribution in [-0.4, -0.2) is 31.1 Å². The van der Waals surface area contributed by atoms with Gasteiger partial charge in [0.15, 0.2) is 0 Å². The molecule has 0 unspecified atom stereocenters. The van der Waals surface area contributed by atoms with Crippen molar-refractivity contribution in [2.24, 2.45) is 5.73 Å². The number of hydrogen-bond donors (Lipinski definition) is 1. The van der Waals surface area contributed by atoms with Gasteiger partial charge in [0.25, 0.3) is 0 Å². The zero-order valence-electron chi connectivity index (χ0n) is 8.26. The summed E-state index contributed by atoms with van der Waals surface area (Å²) in [5.74, 6) is 0. The van der Waals surface area contributed by atoms with Crippen molar-refractivity contribution in [3.63, 3.8) is 0 Å². The molecule has 2 N–H and O–H groups in total. The van der Waals surface area contributed by atoms with Gasteiger partial charge in [-0.3, -0.25) is 0 Å². The maximum absolute atomic E-state index is 5.45. The lowest BCUT2D eigenvalue weighted by Gasteiger charge is -2.23. The molecule has 1 fully saturated rings. The summed E-state index contributed by atoms with van der Waals surface area (Å²) in [6.45, 7) is 2.08. The third-order valence-corrected chi connectivity index (χ3v) is 2.91. The molecule has 0 aliphatic heterocycles. The van der Waals surface area contributed by atoms with Gasteiger partial charge >= 0.3 is 0 Å². The Balaban J connectivity index is 2.05. The van der Waals surface area contributed by atoms with Crippen LogP contribution in [0.2, 0.25) is 0 Å². The highest BCUT2D eigenvalue weighted by atomic mass is 15.1. The molecule has 0 atom stereocenters. The third-order valence-electron chi connectivity index (χ3n) is 2.91. The summed E-state index contributed by atoms with van der Waals surface area (Å²) in [7, 11) is 2.26. The van der Waals surface area contributed by atoms with E-state index in [-0.39, 0.29) is 0 Å². The first kappa shape index (κ1) is 10.0. The average Bonchev–Trinajstić information content (AvgIpc) is 2.56. The molecule has 1 saturated carbocycles. The van der Waals surface area contributed by atoms with Gasteiger partial charge in [0, 0.05) is 6.04 Å². The Bertz CT molecular complexity index is 108. The van der Waals surface area contributed by atoms with Gasteiger partial charge in [0.05, 0.1) is 0 Å². The van der Waals surface area contributed by atoms with Gasteiger partial charge in [-0.15, -0.1) is 0 Å². The summed E-state index contributed by atoms with van der Waals surface area (Å²) in [5, 5.41) is 0. The molecule has 0 bridgehead atoms. The Morgan fingerprint density at radius 3 is 2.50 bits per heavy atom. The van der Waals surface area contributed by atoms with Crippen molar-refractivity contribution in [2.75, 3.05) is 20.1 Å². The Kier molecular flexibility index (Phi) is 4.62. The van der Waals surface area contributed by atoms with Crippen molar-refractivity contribution in [3.05, 3.63) is 0 Å². The average molecular weight is 170 g/mol. The van der Waals surface area contributed by atoms with Crippen LogP contribution in [0.25, 0.3) is 0 Å². The Hall–Kier alpha value is -0.0800. The smallest absolute Gasteiger partial charge is 0.00922 e. The fourth-order valence-corrected chi connectivity index (χ4v) is 2.03. The van der Waals surface area contributed by atoms with Crippen LogP contribution >= 0.6 is 0 Å². The monoisotopic (exact) mass is 170 g/mol. The summed E-state index contributed by atoms with van der Waals surface area (Å²) in [4.78, 5) is 2.52. The Morgan fingerprint density at radius 2 is 1.92 bits per heavy atom. The van der Waals surface area contributed by atoms with Crippen molar-refractivity contribution >= 4 is 0 Å². The second-order valence-corrected chi connectivity index (χ2v) is 3.91. The van der Waals surface area contributed by atoms with E-state index in [9.17, 15) is 0 Å². The highest BCUT2D eigenvalue weighted by molar-refractivity contribution is 4.74. The molecule has 1 rings (SSSR count). The fourth-order valence-electron chi connectivity index (χ4n) is 2.03. The zero-order chi connectivity index (χ0) is 8.81. The van der Waals surface area contributed by atoms with E-state index in [4.69, 9.17) is 5.73 Å². The van der Waals surface area contributed by atoms with Gasteiger partial charge in [-0.2, -0.15) is 0 Å². The minimum Gasteiger partial charge on any atom is -0.330 e. The molecule has 0 heterocycles. The van der Waals surface area contributed by atoms with Crippen LogP contribution < -0.4 is 5.73 Å². The maximum Gasteiger partial charge on any atom is 0.00922 e. The molecule has 0 saturated heterocycles. The molecule has 72 valence electrons. The number of rotatable bonds is 5. The van der Waals surface area contributed by atoms with E-state index in [1.54, 1.807) is 0 Å². The first-order valence-corrected chi connectivity index (χ1v) is 5.25. The topological polar surface area (TPSA) is 29.3 Å². The predicted octanol–water partition coefficient (Wildman–Crippen LogP) is 1.60. The van der Waals surface area contributed by atoms with E-state index in [2.05, 4.69) is 11.9 Å². The zero-order valence-corrected chi connectivity index (χ0v) is 8.26. The molecule has 0 spiro atoms. The van der Waals surface area contributed by atoms with Crippen molar-refractivity contribution in [1.29, 1.82) is 0 Å². The number of unbranched alkanes of at least 4 members (excludes halogenated alkanes) is 1. The minimum absolute atomic E-state index is 0.846. The van der Waals surface area contributed by atoms with Crippen LogP contribution in [0.5, 0.6) is 0 Å². The van der Waals surface area contributed by atoms with Gasteiger partial charge in [-0.25, -0.2) is 0 Å². The number of nitrogens with zero attached hydrogens (tertiary/aromatic N) is 1. The van der Waals surface area contributed by atoms with E-state index in [0.717, 1.165) is 12.6 Å². The molecule has 12 heavy (non-hydrogen) atoms. The lowest BCUT2D eigenvalue weighted by Crippen LogP contribution is -2.30. The fraction of sp³-hybridized carbons (Fsp3) is 1.00. The molecule has 2 heteroatoms. The van der Waals surface area contributed by atoms with E-state index < -0.39 is 0 Å². The normalized spacial score (nSPS) is 19.2. The molecule has 1 aliphatic rings. The molecular formula is C10H22N2. The van der Waals surface area contributed by atoms with Crippen LogP contribution in [0.1, 0.15) is 38.5 Å².